The molecule has 1 unspecified atom stereocenters. The third-order valence-corrected chi connectivity index (χ3v) is 3.45. The third kappa shape index (κ3) is 3.70. The molecule has 2 nitrogen and oxygen atoms in total. The minimum absolute atomic E-state index is 0.0423. The van der Waals surface area contributed by atoms with Gasteiger partial charge in [-0.1, -0.05) is 13.8 Å². The zero-order valence-electron chi connectivity index (χ0n) is 11.9. The molecule has 0 radical (unpaired) electrons. The fourth-order valence-electron chi connectivity index (χ4n) is 2.44. The monoisotopic (exact) mass is 252 g/mol. The highest BCUT2D eigenvalue weighted by molar-refractivity contribution is 5.54. The standard InChI is InChI=1S/C15H25FN2/c1-5-14(6-2)18(4)15-8-7-13(16)10-12(15)9-11(3)17/h7-8,10-11,14H,5-6,9,17H2,1-4H3. The van der Waals surface area contributed by atoms with Gasteiger partial charge in [-0.15, -0.1) is 0 Å². The molecule has 0 saturated heterocycles. The largest absolute Gasteiger partial charge is 0.371 e. The summed E-state index contributed by atoms with van der Waals surface area (Å²) in [6.45, 7) is 6.31. The van der Waals surface area contributed by atoms with Crippen molar-refractivity contribution in [2.45, 2.75) is 52.1 Å². The van der Waals surface area contributed by atoms with Crippen LogP contribution in [0.25, 0.3) is 0 Å². The lowest BCUT2D eigenvalue weighted by Gasteiger charge is -2.30. The summed E-state index contributed by atoms with van der Waals surface area (Å²) in [5, 5.41) is 0. The fraction of sp³-hybridized carbons (Fsp3) is 0.600. The maximum Gasteiger partial charge on any atom is 0.123 e. The van der Waals surface area contributed by atoms with Gasteiger partial charge in [-0.25, -0.2) is 4.39 Å². The predicted molar refractivity (Wildman–Crippen MR) is 76.5 cm³/mol. The van der Waals surface area contributed by atoms with Crippen LogP contribution in [-0.2, 0) is 6.42 Å². The van der Waals surface area contributed by atoms with Crippen molar-refractivity contribution in [1.82, 2.24) is 0 Å². The Labute approximate surface area is 110 Å². The van der Waals surface area contributed by atoms with Gasteiger partial charge in [0.2, 0.25) is 0 Å². The molecule has 0 aliphatic carbocycles. The zero-order valence-corrected chi connectivity index (χ0v) is 11.9. The van der Waals surface area contributed by atoms with Crippen LogP contribution in [0, 0.1) is 5.82 Å². The van der Waals surface area contributed by atoms with Crippen LogP contribution in [0.5, 0.6) is 0 Å². The molecule has 0 heterocycles. The van der Waals surface area contributed by atoms with E-state index in [0.29, 0.717) is 12.5 Å². The number of rotatable bonds is 6. The number of anilines is 1. The van der Waals surface area contributed by atoms with Gasteiger partial charge in [0.25, 0.3) is 0 Å². The lowest BCUT2D eigenvalue weighted by atomic mass is 10.0. The average molecular weight is 252 g/mol. The molecule has 0 spiro atoms. The molecule has 1 aromatic carbocycles. The number of benzene rings is 1. The maximum atomic E-state index is 13.4. The van der Waals surface area contributed by atoms with Crippen molar-refractivity contribution in [2.75, 3.05) is 11.9 Å². The molecule has 0 aliphatic heterocycles. The molecule has 3 heteroatoms. The first-order chi connectivity index (χ1) is 8.49. The summed E-state index contributed by atoms with van der Waals surface area (Å²) >= 11 is 0. The molecule has 1 atom stereocenters. The van der Waals surface area contributed by atoms with Crippen LogP contribution in [-0.4, -0.2) is 19.1 Å². The van der Waals surface area contributed by atoms with Crippen molar-refractivity contribution < 1.29 is 4.39 Å². The van der Waals surface area contributed by atoms with E-state index >= 15 is 0 Å². The first-order valence-electron chi connectivity index (χ1n) is 6.76. The lowest BCUT2D eigenvalue weighted by molar-refractivity contribution is 0.585. The van der Waals surface area contributed by atoms with Crippen molar-refractivity contribution >= 4 is 5.69 Å². The van der Waals surface area contributed by atoms with E-state index in [2.05, 4.69) is 25.8 Å². The Morgan fingerprint density at radius 1 is 1.28 bits per heavy atom. The van der Waals surface area contributed by atoms with Crippen LogP contribution in [0.15, 0.2) is 18.2 Å². The Morgan fingerprint density at radius 2 is 1.89 bits per heavy atom. The molecule has 0 amide bonds. The van der Waals surface area contributed by atoms with Crippen molar-refractivity contribution in [3.63, 3.8) is 0 Å². The second-order valence-electron chi connectivity index (χ2n) is 5.04. The van der Waals surface area contributed by atoms with Gasteiger partial charge in [0.05, 0.1) is 0 Å². The van der Waals surface area contributed by atoms with Gasteiger partial charge in [-0.2, -0.15) is 0 Å². The zero-order chi connectivity index (χ0) is 13.7. The molecule has 0 aromatic heterocycles. The number of nitrogens with two attached hydrogens (primary N) is 1. The quantitative estimate of drug-likeness (QED) is 0.841. The molecule has 0 bridgehead atoms. The van der Waals surface area contributed by atoms with Gasteiger partial charge in [-0.05, 0) is 49.9 Å². The molecular weight excluding hydrogens is 227 g/mol. The van der Waals surface area contributed by atoms with E-state index in [0.717, 1.165) is 24.1 Å². The first kappa shape index (κ1) is 15.0. The van der Waals surface area contributed by atoms with E-state index in [1.807, 2.05) is 13.0 Å². The number of nitrogens with zero attached hydrogens (tertiary/aromatic N) is 1. The Bertz CT molecular complexity index is 373. The lowest BCUT2D eigenvalue weighted by Crippen LogP contribution is -2.32. The highest BCUT2D eigenvalue weighted by Crippen LogP contribution is 2.25. The normalized spacial score (nSPS) is 12.8. The van der Waals surface area contributed by atoms with Crippen LogP contribution in [0.1, 0.15) is 39.2 Å². The molecule has 102 valence electrons. The SMILES string of the molecule is CCC(CC)N(C)c1ccc(F)cc1CC(C)N. The molecule has 0 aliphatic rings. The Kier molecular flexibility index (Phi) is 5.60. The Morgan fingerprint density at radius 3 is 2.39 bits per heavy atom. The first-order valence-corrected chi connectivity index (χ1v) is 6.76. The molecular formula is C15H25FN2. The van der Waals surface area contributed by atoms with Crippen LogP contribution in [0.4, 0.5) is 10.1 Å². The summed E-state index contributed by atoms with van der Waals surface area (Å²) < 4.78 is 13.4. The molecule has 2 N–H and O–H groups in total. The van der Waals surface area contributed by atoms with E-state index in [9.17, 15) is 4.39 Å². The van der Waals surface area contributed by atoms with Crippen LogP contribution < -0.4 is 10.6 Å². The van der Waals surface area contributed by atoms with E-state index in [4.69, 9.17) is 5.73 Å². The molecule has 1 aromatic rings. The van der Waals surface area contributed by atoms with Gasteiger partial charge < -0.3 is 10.6 Å². The highest BCUT2D eigenvalue weighted by Gasteiger charge is 2.15. The predicted octanol–water partition coefficient (Wildman–Crippen LogP) is 3.34. The Balaban J connectivity index is 3.06. The smallest absolute Gasteiger partial charge is 0.123 e. The van der Waals surface area contributed by atoms with E-state index < -0.39 is 0 Å². The third-order valence-electron chi connectivity index (χ3n) is 3.45. The topological polar surface area (TPSA) is 29.3 Å². The fourth-order valence-corrected chi connectivity index (χ4v) is 2.44. The van der Waals surface area contributed by atoms with E-state index in [1.54, 1.807) is 6.07 Å². The minimum Gasteiger partial charge on any atom is -0.371 e. The minimum atomic E-state index is -0.188. The summed E-state index contributed by atoms with van der Waals surface area (Å²) in [6, 6.07) is 5.53. The number of hydrogen-bond donors (Lipinski definition) is 1. The summed E-state index contributed by atoms with van der Waals surface area (Å²) in [5.41, 5.74) is 7.94. The summed E-state index contributed by atoms with van der Waals surface area (Å²) in [5.74, 6) is -0.188. The van der Waals surface area contributed by atoms with Crippen molar-refractivity contribution in [3.05, 3.63) is 29.6 Å². The highest BCUT2D eigenvalue weighted by atomic mass is 19.1. The van der Waals surface area contributed by atoms with Gasteiger partial charge in [0, 0.05) is 24.8 Å². The van der Waals surface area contributed by atoms with Gasteiger partial charge in [-0.3, -0.25) is 0 Å². The molecule has 0 fully saturated rings. The van der Waals surface area contributed by atoms with Crippen LogP contribution in [0.3, 0.4) is 0 Å². The number of hydrogen-bond acceptors (Lipinski definition) is 2. The number of halogens is 1. The van der Waals surface area contributed by atoms with Crippen molar-refractivity contribution in [2.24, 2.45) is 5.73 Å². The van der Waals surface area contributed by atoms with Crippen molar-refractivity contribution in [3.8, 4) is 0 Å². The second-order valence-corrected chi connectivity index (χ2v) is 5.04. The maximum absolute atomic E-state index is 13.4. The second kappa shape index (κ2) is 6.74. The summed E-state index contributed by atoms with van der Waals surface area (Å²) in [7, 11) is 2.08. The summed E-state index contributed by atoms with van der Waals surface area (Å²) in [4.78, 5) is 2.25. The van der Waals surface area contributed by atoms with Crippen LogP contribution in [0.2, 0.25) is 0 Å². The van der Waals surface area contributed by atoms with E-state index in [-0.39, 0.29) is 11.9 Å². The summed E-state index contributed by atoms with van der Waals surface area (Å²) in [6.07, 6.45) is 2.88. The average Bonchev–Trinajstić information content (AvgIpc) is 2.29. The molecule has 0 saturated carbocycles. The van der Waals surface area contributed by atoms with Gasteiger partial charge >= 0.3 is 0 Å². The molecule has 1 rings (SSSR count). The molecule has 18 heavy (non-hydrogen) atoms. The van der Waals surface area contributed by atoms with Crippen LogP contribution >= 0.6 is 0 Å². The van der Waals surface area contributed by atoms with Crippen molar-refractivity contribution in [1.29, 1.82) is 0 Å². The van der Waals surface area contributed by atoms with E-state index in [1.165, 1.54) is 6.07 Å². The Hall–Kier alpha value is -1.09. The van der Waals surface area contributed by atoms with Gasteiger partial charge in [0.1, 0.15) is 5.82 Å². The van der Waals surface area contributed by atoms with Gasteiger partial charge in [0.15, 0.2) is 0 Å².